The van der Waals surface area contributed by atoms with Gasteiger partial charge in [-0.05, 0) is 69.7 Å². The number of piperidine rings is 2. The molecule has 1 aromatic heterocycles. The Balaban J connectivity index is 1.20. The van der Waals surface area contributed by atoms with E-state index in [0.29, 0.717) is 24.4 Å². The lowest BCUT2D eigenvalue weighted by Crippen LogP contribution is -2.52. The third kappa shape index (κ3) is 6.04. The summed E-state index contributed by atoms with van der Waals surface area (Å²) in [5.41, 5.74) is 0.515. The first-order valence-electron chi connectivity index (χ1n) is 12.0. The highest BCUT2D eigenvalue weighted by Gasteiger charge is 2.41. The lowest BCUT2D eigenvalue weighted by molar-refractivity contribution is -0.147. The number of carbonyl (C=O) groups is 2. The summed E-state index contributed by atoms with van der Waals surface area (Å²) in [6.07, 6.45) is 11.5. The zero-order valence-corrected chi connectivity index (χ0v) is 18.6. The number of carbonyl (C=O) groups excluding carboxylic acids is 2. The molecule has 0 aliphatic carbocycles. The molecule has 31 heavy (non-hydrogen) atoms. The normalized spacial score (nSPS) is 24.1. The van der Waals surface area contributed by atoms with E-state index in [1.807, 2.05) is 4.90 Å². The van der Waals surface area contributed by atoms with Gasteiger partial charge >= 0.3 is 0 Å². The SMILES string of the molecule is O=C(NCC1CCOC2(CCN(C(=O)CCN3CCCCC3)CC2)C1)c1ccncc1. The van der Waals surface area contributed by atoms with Crippen molar-refractivity contribution < 1.29 is 14.3 Å². The number of rotatable bonds is 6. The fraction of sp³-hybridized carbons (Fsp3) is 0.708. The smallest absolute Gasteiger partial charge is 0.251 e. The summed E-state index contributed by atoms with van der Waals surface area (Å²) in [5, 5.41) is 3.07. The van der Waals surface area contributed by atoms with Gasteiger partial charge in [0.1, 0.15) is 0 Å². The Morgan fingerprint density at radius 3 is 2.58 bits per heavy atom. The van der Waals surface area contributed by atoms with Crippen molar-refractivity contribution in [1.29, 1.82) is 0 Å². The maximum Gasteiger partial charge on any atom is 0.251 e. The molecule has 3 fully saturated rings. The van der Waals surface area contributed by atoms with Crippen LogP contribution in [0.15, 0.2) is 24.5 Å². The molecule has 0 aromatic carbocycles. The van der Waals surface area contributed by atoms with Gasteiger partial charge in [-0.15, -0.1) is 0 Å². The van der Waals surface area contributed by atoms with Crippen molar-refractivity contribution in [3.05, 3.63) is 30.1 Å². The van der Waals surface area contributed by atoms with Crippen molar-refractivity contribution in [3.8, 4) is 0 Å². The quantitative estimate of drug-likeness (QED) is 0.753. The molecule has 1 spiro atoms. The molecule has 0 bridgehead atoms. The van der Waals surface area contributed by atoms with Crippen LogP contribution in [-0.2, 0) is 9.53 Å². The largest absolute Gasteiger partial charge is 0.375 e. The molecule has 3 aliphatic heterocycles. The second-order valence-corrected chi connectivity index (χ2v) is 9.37. The first kappa shape index (κ1) is 22.2. The predicted molar refractivity (Wildman–Crippen MR) is 119 cm³/mol. The molecule has 0 saturated carbocycles. The highest BCUT2D eigenvalue weighted by Crippen LogP contribution is 2.37. The number of ether oxygens (including phenoxy) is 1. The van der Waals surface area contributed by atoms with E-state index in [9.17, 15) is 9.59 Å². The van der Waals surface area contributed by atoms with Crippen molar-refractivity contribution in [3.63, 3.8) is 0 Å². The van der Waals surface area contributed by atoms with Gasteiger partial charge < -0.3 is 19.9 Å². The van der Waals surface area contributed by atoms with E-state index in [-0.39, 0.29) is 17.4 Å². The average Bonchev–Trinajstić information content (AvgIpc) is 2.83. The number of nitrogens with one attached hydrogen (secondary N) is 1. The maximum atomic E-state index is 12.7. The number of aromatic nitrogens is 1. The fourth-order valence-electron chi connectivity index (χ4n) is 5.25. The maximum absolute atomic E-state index is 12.7. The Bertz CT molecular complexity index is 728. The second-order valence-electron chi connectivity index (χ2n) is 9.37. The van der Waals surface area contributed by atoms with E-state index in [4.69, 9.17) is 4.74 Å². The topological polar surface area (TPSA) is 74.8 Å². The van der Waals surface area contributed by atoms with Gasteiger partial charge in [0.15, 0.2) is 0 Å². The molecule has 4 rings (SSSR count). The van der Waals surface area contributed by atoms with Crippen molar-refractivity contribution >= 4 is 11.8 Å². The third-order valence-corrected chi connectivity index (χ3v) is 7.21. The lowest BCUT2D eigenvalue weighted by Gasteiger charge is -2.46. The van der Waals surface area contributed by atoms with Gasteiger partial charge in [0.05, 0.1) is 5.60 Å². The van der Waals surface area contributed by atoms with Crippen LogP contribution in [0.25, 0.3) is 0 Å². The van der Waals surface area contributed by atoms with Crippen LogP contribution in [0.1, 0.15) is 61.7 Å². The molecule has 1 aromatic rings. The summed E-state index contributed by atoms with van der Waals surface area (Å²) in [7, 11) is 0. The van der Waals surface area contributed by atoms with Gasteiger partial charge in [-0.1, -0.05) is 6.42 Å². The van der Waals surface area contributed by atoms with Crippen molar-refractivity contribution in [2.45, 2.75) is 57.0 Å². The molecule has 3 aliphatic rings. The van der Waals surface area contributed by atoms with Gasteiger partial charge in [-0.3, -0.25) is 14.6 Å². The van der Waals surface area contributed by atoms with Gasteiger partial charge in [0.25, 0.3) is 5.91 Å². The molecular weight excluding hydrogens is 392 g/mol. The molecule has 170 valence electrons. The standard InChI is InChI=1S/C24H36N4O3/c29-22(6-14-27-12-2-1-3-13-27)28-15-8-24(9-16-28)18-20(7-17-31-24)19-26-23(30)21-4-10-25-11-5-21/h4-5,10-11,20H,1-3,6-9,12-19H2,(H,26,30). The minimum absolute atomic E-state index is 0.0444. The lowest BCUT2D eigenvalue weighted by atomic mass is 9.79. The Labute approximate surface area is 185 Å². The Kier molecular flexibility index (Phi) is 7.56. The van der Waals surface area contributed by atoms with E-state index >= 15 is 0 Å². The third-order valence-electron chi connectivity index (χ3n) is 7.21. The van der Waals surface area contributed by atoms with Crippen LogP contribution >= 0.6 is 0 Å². The zero-order chi connectivity index (χ0) is 21.5. The summed E-state index contributed by atoms with van der Waals surface area (Å²) in [4.78, 5) is 33.5. The Morgan fingerprint density at radius 2 is 1.84 bits per heavy atom. The number of hydrogen-bond acceptors (Lipinski definition) is 5. The van der Waals surface area contributed by atoms with Crippen LogP contribution in [0, 0.1) is 5.92 Å². The van der Waals surface area contributed by atoms with Crippen LogP contribution in [0.5, 0.6) is 0 Å². The van der Waals surface area contributed by atoms with E-state index in [0.717, 1.165) is 65.0 Å². The fourth-order valence-corrected chi connectivity index (χ4v) is 5.25. The predicted octanol–water partition coefficient (Wildman–Crippen LogP) is 2.48. The Morgan fingerprint density at radius 1 is 1.10 bits per heavy atom. The molecule has 2 amide bonds. The summed E-state index contributed by atoms with van der Waals surface area (Å²) in [5.74, 6) is 0.662. The van der Waals surface area contributed by atoms with E-state index in [2.05, 4.69) is 15.2 Å². The van der Waals surface area contributed by atoms with E-state index < -0.39 is 0 Å². The second kappa shape index (κ2) is 10.6. The number of pyridine rings is 1. The molecule has 7 heteroatoms. The van der Waals surface area contributed by atoms with Crippen molar-refractivity contribution in [2.75, 3.05) is 45.9 Å². The Hall–Kier alpha value is -1.99. The van der Waals surface area contributed by atoms with Crippen LogP contribution in [0.4, 0.5) is 0 Å². The molecule has 7 nitrogen and oxygen atoms in total. The van der Waals surface area contributed by atoms with Crippen LogP contribution in [0.3, 0.4) is 0 Å². The average molecular weight is 429 g/mol. The molecule has 1 unspecified atom stereocenters. The first-order chi connectivity index (χ1) is 15.1. The van der Waals surface area contributed by atoms with Crippen molar-refractivity contribution in [2.24, 2.45) is 5.92 Å². The number of nitrogens with zero attached hydrogens (tertiary/aromatic N) is 3. The van der Waals surface area contributed by atoms with Gasteiger partial charge in [0.2, 0.25) is 5.91 Å². The highest BCUT2D eigenvalue weighted by molar-refractivity contribution is 5.93. The minimum Gasteiger partial charge on any atom is -0.375 e. The molecule has 1 N–H and O–H groups in total. The van der Waals surface area contributed by atoms with Crippen LogP contribution in [-0.4, -0.2) is 78.1 Å². The summed E-state index contributed by atoms with van der Waals surface area (Å²) in [6.45, 7) is 6.16. The minimum atomic E-state index is -0.131. The van der Waals surface area contributed by atoms with Crippen molar-refractivity contribution in [1.82, 2.24) is 20.1 Å². The van der Waals surface area contributed by atoms with Gasteiger partial charge in [0, 0.05) is 57.2 Å². The molecule has 1 atom stereocenters. The number of hydrogen-bond donors (Lipinski definition) is 1. The molecular formula is C24H36N4O3. The molecule has 4 heterocycles. The zero-order valence-electron chi connectivity index (χ0n) is 18.6. The monoisotopic (exact) mass is 428 g/mol. The highest BCUT2D eigenvalue weighted by atomic mass is 16.5. The van der Waals surface area contributed by atoms with E-state index in [1.165, 1.54) is 19.3 Å². The summed E-state index contributed by atoms with van der Waals surface area (Å²) >= 11 is 0. The molecule has 3 saturated heterocycles. The summed E-state index contributed by atoms with van der Waals surface area (Å²) < 4.78 is 6.24. The summed E-state index contributed by atoms with van der Waals surface area (Å²) in [6, 6.07) is 3.47. The van der Waals surface area contributed by atoms with Crippen LogP contribution in [0.2, 0.25) is 0 Å². The number of amides is 2. The van der Waals surface area contributed by atoms with E-state index in [1.54, 1.807) is 24.5 Å². The van der Waals surface area contributed by atoms with Crippen LogP contribution < -0.4 is 5.32 Å². The first-order valence-corrected chi connectivity index (χ1v) is 12.0. The van der Waals surface area contributed by atoms with Gasteiger partial charge in [-0.2, -0.15) is 0 Å². The number of likely N-dealkylation sites (tertiary alicyclic amines) is 2. The molecule has 0 radical (unpaired) electrons. The van der Waals surface area contributed by atoms with Gasteiger partial charge in [-0.25, -0.2) is 0 Å².